The van der Waals surface area contributed by atoms with Crippen LogP contribution < -0.4 is 5.32 Å². The van der Waals surface area contributed by atoms with E-state index in [0.717, 1.165) is 0 Å². The van der Waals surface area contributed by atoms with Gasteiger partial charge in [0.1, 0.15) is 10.7 Å². The third-order valence-corrected chi connectivity index (χ3v) is 6.36. The minimum atomic E-state index is -4.63. The Hall–Kier alpha value is -1.19. The van der Waals surface area contributed by atoms with Gasteiger partial charge in [-0.25, -0.2) is 9.97 Å². The van der Waals surface area contributed by atoms with E-state index < -0.39 is 24.5 Å². The molecule has 28 heavy (non-hydrogen) atoms. The monoisotopic (exact) mass is 501 g/mol. The molecular formula is C16H17BrClF3N3O3P. The van der Waals surface area contributed by atoms with Crippen LogP contribution in [0, 0.1) is 0 Å². The van der Waals surface area contributed by atoms with Gasteiger partial charge in [-0.05, 0) is 47.5 Å². The van der Waals surface area contributed by atoms with E-state index in [4.69, 9.17) is 20.6 Å². The summed E-state index contributed by atoms with van der Waals surface area (Å²) in [6.07, 6.45) is -3.94. The standard InChI is InChI=1S/C16H17BrClF3N3O3P/c1-3-26-28(25,27-4-2)9-10-5-6-13(12(17)7-10)23-15-22-8-11(14(18)24-15)16(19,20)21/h5-8H,3-4,9H2,1-2H3,(H,22,23,24). The van der Waals surface area contributed by atoms with Crippen molar-refractivity contribution in [3.8, 4) is 0 Å². The Morgan fingerprint density at radius 1 is 1.25 bits per heavy atom. The summed E-state index contributed by atoms with van der Waals surface area (Å²) in [6, 6.07) is 5.01. The molecule has 0 saturated carbocycles. The van der Waals surface area contributed by atoms with E-state index in [-0.39, 0.29) is 25.3 Å². The van der Waals surface area contributed by atoms with Crippen molar-refractivity contribution in [1.82, 2.24) is 9.97 Å². The molecule has 1 heterocycles. The number of rotatable bonds is 8. The first-order valence-corrected chi connectivity index (χ1v) is 11.0. The fraction of sp³-hybridized carbons (Fsp3) is 0.375. The molecule has 6 nitrogen and oxygen atoms in total. The summed E-state index contributed by atoms with van der Waals surface area (Å²) in [5, 5.41) is 2.08. The Balaban J connectivity index is 2.19. The molecule has 1 aromatic heterocycles. The van der Waals surface area contributed by atoms with Gasteiger partial charge in [-0.1, -0.05) is 17.7 Å². The summed E-state index contributed by atoms with van der Waals surface area (Å²) in [5.74, 6) is -0.0965. The average molecular weight is 503 g/mol. The van der Waals surface area contributed by atoms with Gasteiger partial charge in [-0.3, -0.25) is 4.57 Å². The van der Waals surface area contributed by atoms with Crippen molar-refractivity contribution in [2.45, 2.75) is 26.2 Å². The molecule has 0 fully saturated rings. The van der Waals surface area contributed by atoms with Crippen LogP contribution in [-0.2, 0) is 26.0 Å². The molecule has 0 amide bonds. The lowest BCUT2D eigenvalue weighted by Gasteiger charge is -2.17. The molecule has 0 aliphatic carbocycles. The first-order chi connectivity index (χ1) is 13.1. The van der Waals surface area contributed by atoms with Crippen molar-refractivity contribution < 1.29 is 26.8 Å². The topological polar surface area (TPSA) is 73.3 Å². The zero-order chi connectivity index (χ0) is 20.9. The van der Waals surface area contributed by atoms with Crippen molar-refractivity contribution in [3.63, 3.8) is 0 Å². The van der Waals surface area contributed by atoms with Gasteiger partial charge in [0, 0.05) is 10.7 Å². The molecule has 0 spiro atoms. The molecule has 0 radical (unpaired) electrons. The molecule has 12 heteroatoms. The maximum atomic E-state index is 12.7. The van der Waals surface area contributed by atoms with E-state index in [0.29, 0.717) is 21.9 Å². The number of nitrogens with zero attached hydrogens (tertiary/aromatic N) is 2. The zero-order valence-corrected chi connectivity index (χ0v) is 18.1. The fourth-order valence-corrected chi connectivity index (χ4v) is 4.68. The Morgan fingerprint density at radius 3 is 2.39 bits per heavy atom. The highest BCUT2D eigenvalue weighted by Gasteiger charge is 2.34. The Morgan fingerprint density at radius 2 is 1.89 bits per heavy atom. The van der Waals surface area contributed by atoms with Gasteiger partial charge in [0.15, 0.2) is 0 Å². The minimum absolute atomic E-state index is 0.0795. The molecule has 0 aliphatic rings. The number of halogens is 5. The molecule has 1 aromatic carbocycles. The van der Waals surface area contributed by atoms with Gasteiger partial charge < -0.3 is 14.4 Å². The Kier molecular flexibility index (Phi) is 7.87. The number of anilines is 2. The first-order valence-electron chi connectivity index (χ1n) is 8.11. The second-order valence-electron chi connectivity index (χ2n) is 5.44. The molecule has 2 aromatic rings. The molecule has 0 unspecified atom stereocenters. The SMILES string of the molecule is CCOP(=O)(Cc1ccc(Nc2ncc(C(F)(F)F)c(Cl)n2)c(Br)c1)OCC. The van der Waals surface area contributed by atoms with Crippen LogP contribution in [0.3, 0.4) is 0 Å². The maximum Gasteiger partial charge on any atom is 0.420 e. The van der Waals surface area contributed by atoms with Crippen LogP contribution in [0.5, 0.6) is 0 Å². The van der Waals surface area contributed by atoms with Crippen LogP contribution in [0.1, 0.15) is 25.0 Å². The van der Waals surface area contributed by atoms with Crippen molar-refractivity contribution >= 4 is 46.8 Å². The molecule has 154 valence electrons. The highest BCUT2D eigenvalue weighted by atomic mass is 79.9. The van der Waals surface area contributed by atoms with E-state index in [9.17, 15) is 17.7 Å². The van der Waals surface area contributed by atoms with Gasteiger partial charge in [-0.2, -0.15) is 13.2 Å². The van der Waals surface area contributed by atoms with Crippen molar-refractivity contribution in [2.24, 2.45) is 0 Å². The molecule has 1 N–H and O–H groups in total. The van der Waals surface area contributed by atoms with Gasteiger partial charge in [0.25, 0.3) is 0 Å². The normalized spacial score (nSPS) is 12.2. The first kappa shape index (κ1) is 23.1. The van der Waals surface area contributed by atoms with E-state index in [1.807, 2.05) is 0 Å². The van der Waals surface area contributed by atoms with Crippen LogP contribution in [0.2, 0.25) is 5.15 Å². The second kappa shape index (κ2) is 9.54. The summed E-state index contributed by atoms with van der Waals surface area (Å²) in [4.78, 5) is 7.27. The largest absolute Gasteiger partial charge is 0.420 e. The van der Waals surface area contributed by atoms with Crippen LogP contribution in [0.25, 0.3) is 0 Å². The predicted molar refractivity (Wildman–Crippen MR) is 104 cm³/mol. The summed E-state index contributed by atoms with van der Waals surface area (Å²) in [7, 11) is -3.26. The van der Waals surface area contributed by atoms with E-state index in [1.165, 1.54) is 0 Å². The summed E-state index contributed by atoms with van der Waals surface area (Å²) < 4.78 is 61.9. The predicted octanol–water partition coefficient (Wildman–Crippen LogP) is 6.42. The fourth-order valence-electron chi connectivity index (χ4n) is 2.24. The number of benzene rings is 1. The minimum Gasteiger partial charge on any atom is -0.323 e. The lowest BCUT2D eigenvalue weighted by Crippen LogP contribution is -2.09. The maximum absolute atomic E-state index is 12.7. The third-order valence-electron chi connectivity index (χ3n) is 3.36. The van der Waals surface area contributed by atoms with Crippen molar-refractivity contribution in [2.75, 3.05) is 18.5 Å². The highest BCUT2D eigenvalue weighted by Crippen LogP contribution is 2.51. The number of hydrogen-bond donors (Lipinski definition) is 1. The summed E-state index contributed by atoms with van der Waals surface area (Å²) in [5.41, 5.74) is 0.0630. The summed E-state index contributed by atoms with van der Waals surface area (Å²) in [6.45, 7) is 3.96. The molecule has 0 atom stereocenters. The zero-order valence-electron chi connectivity index (χ0n) is 14.9. The second-order valence-corrected chi connectivity index (χ2v) is 8.71. The highest BCUT2D eigenvalue weighted by molar-refractivity contribution is 9.10. The molecule has 0 aliphatic heterocycles. The molecular weight excluding hydrogens is 486 g/mol. The lowest BCUT2D eigenvalue weighted by molar-refractivity contribution is -0.137. The van der Waals surface area contributed by atoms with Gasteiger partial charge in [0.05, 0.1) is 25.1 Å². The third kappa shape index (κ3) is 6.15. The van der Waals surface area contributed by atoms with Crippen molar-refractivity contribution in [3.05, 3.63) is 45.1 Å². The van der Waals surface area contributed by atoms with Crippen LogP contribution >= 0.6 is 35.1 Å². The van der Waals surface area contributed by atoms with Crippen LogP contribution in [-0.4, -0.2) is 23.2 Å². The number of hydrogen-bond acceptors (Lipinski definition) is 6. The quantitative estimate of drug-likeness (QED) is 0.332. The van der Waals surface area contributed by atoms with Gasteiger partial charge in [-0.15, -0.1) is 0 Å². The number of alkyl halides is 3. The molecule has 0 bridgehead atoms. The van der Waals surface area contributed by atoms with E-state index in [2.05, 4.69) is 31.2 Å². The van der Waals surface area contributed by atoms with Crippen molar-refractivity contribution in [1.29, 1.82) is 0 Å². The smallest absolute Gasteiger partial charge is 0.323 e. The molecule has 0 saturated heterocycles. The van der Waals surface area contributed by atoms with E-state index in [1.54, 1.807) is 32.0 Å². The average Bonchev–Trinajstić information content (AvgIpc) is 2.56. The number of aromatic nitrogens is 2. The Bertz CT molecular complexity index is 876. The molecule has 2 rings (SSSR count). The lowest BCUT2D eigenvalue weighted by atomic mass is 10.2. The van der Waals surface area contributed by atoms with Gasteiger partial charge >= 0.3 is 13.8 Å². The number of nitrogens with one attached hydrogen (secondary N) is 1. The van der Waals surface area contributed by atoms with Gasteiger partial charge in [0.2, 0.25) is 5.95 Å². The van der Waals surface area contributed by atoms with Crippen LogP contribution in [0.15, 0.2) is 28.9 Å². The summed E-state index contributed by atoms with van der Waals surface area (Å²) >= 11 is 8.95. The Labute approximate surface area is 173 Å². The van der Waals surface area contributed by atoms with Crippen LogP contribution in [0.4, 0.5) is 24.8 Å². The van der Waals surface area contributed by atoms with E-state index >= 15 is 0 Å².